The molecule has 1 heterocycles. The van der Waals surface area contributed by atoms with Gasteiger partial charge in [-0.05, 0) is 44.9 Å². The van der Waals surface area contributed by atoms with Gasteiger partial charge in [-0.1, -0.05) is 0 Å². The summed E-state index contributed by atoms with van der Waals surface area (Å²) in [5.74, 6) is 0. The fourth-order valence-electron chi connectivity index (χ4n) is 2.42. The Labute approximate surface area is 87.0 Å². The van der Waals surface area contributed by atoms with Crippen LogP contribution in [0.5, 0.6) is 0 Å². The number of likely N-dealkylation sites (tertiary alicyclic amines) is 1. The molecule has 1 aliphatic rings. The number of piperidine rings is 1. The van der Waals surface area contributed by atoms with Crippen LogP contribution in [0.3, 0.4) is 0 Å². The van der Waals surface area contributed by atoms with Crippen molar-refractivity contribution in [3.8, 4) is 0 Å². The fraction of sp³-hybridized carbons (Fsp3) is 1.00. The first kappa shape index (κ1) is 11.3. The third kappa shape index (κ3) is 3.45. The molecule has 2 nitrogen and oxygen atoms in total. The lowest BCUT2D eigenvalue weighted by Gasteiger charge is -2.42. The van der Waals surface area contributed by atoms with E-state index in [2.05, 4.69) is 25.7 Å². The summed E-state index contributed by atoms with van der Waals surface area (Å²) >= 11 is 5.71. The van der Waals surface area contributed by atoms with Crippen LogP contribution in [0.1, 0.15) is 33.1 Å². The smallest absolute Gasteiger partial charge is 0.0976 e. The largest absolute Gasteiger partial charge is 0.324 e. The highest BCUT2D eigenvalue weighted by atomic mass is 35.5. The lowest BCUT2D eigenvalue weighted by Crippen LogP contribution is -2.57. The normalized spacial score (nSPS) is 23.1. The van der Waals surface area contributed by atoms with E-state index in [0.717, 1.165) is 6.54 Å². The van der Waals surface area contributed by atoms with Crippen LogP contribution in [0.25, 0.3) is 0 Å². The molecule has 1 aliphatic heterocycles. The van der Waals surface area contributed by atoms with E-state index < -0.39 is 0 Å². The molecule has 0 bridgehead atoms. The molecule has 0 saturated carbocycles. The van der Waals surface area contributed by atoms with Gasteiger partial charge >= 0.3 is 0 Å². The molecule has 1 N–H and O–H groups in total. The van der Waals surface area contributed by atoms with E-state index in [1.807, 2.05) is 0 Å². The average Bonchev–Trinajstić information content (AvgIpc) is 2.04. The number of likely N-dealkylation sites (N-methyl/N-ethyl adjacent to an activating group) is 1. The maximum absolute atomic E-state index is 5.71. The summed E-state index contributed by atoms with van der Waals surface area (Å²) in [6.45, 7) is 8.07. The van der Waals surface area contributed by atoms with Crippen LogP contribution in [0.2, 0.25) is 0 Å². The molecule has 0 aromatic carbocycles. The second kappa shape index (κ2) is 4.16. The lowest BCUT2D eigenvalue weighted by molar-refractivity contribution is -0.917. The zero-order valence-corrected chi connectivity index (χ0v) is 9.82. The first-order chi connectivity index (χ1) is 5.97. The van der Waals surface area contributed by atoms with Crippen molar-refractivity contribution in [2.45, 2.75) is 38.6 Å². The van der Waals surface area contributed by atoms with E-state index in [4.69, 9.17) is 11.8 Å². The molecule has 0 aromatic rings. The highest BCUT2D eigenvalue weighted by Gasteiger charge is 2.32. The highest BCUT2D eigenvalue weighted by Crippen LogP contribution is 2.20. The number of hydrogen-bond donors (Lipinski definition) is 1. The van der Waals surface area contributed by atoms with Gasteiger partial charge in [-0.15, -0.1) is 0 Å². The van der Waals surface area contributed by atoms with Gasteiger partial charge in [-0.2, -0.15) is 0 Å². The standard InChI is InChI=1S/C10H22ClN2/c1-10(2,12-11)9-13(3)7-5-4-6-8-13/h12H,4-9H2,1-3H3/q+1. The predicted molar refractivity (Wildman–Crippen MR) is 57.7 cm³/mol. The summed E-state index contributed by atoms with van der Waals surface area (Å²) in [5.41, 5.74) is 0.0493. The molecule has 1 rings (SSSR count). The van der Waals surface area contributed by atoms with Gasteiger partial charge in [-0.3, -0.25) is 0 Å². The van der Waals surface area contributed by atoms with Crippen molar-refractivity contribution >= 4 is 11.8 Å². The monoisotopic (exact) mass is 205 g/mol. The minimum atomic E-state index is 0.0493. The zero-order chi connectivity index (χ0) is 9.95. The summed E-state index contributed by atoms with van der Waals surface area (Å²) in [5, 5.41) is 0. The van der Waals surface area contributed by atoms with Crippen LogP contribution < -0.4 is 4.84 Å². The topological polar surface area (TPSA) is 12.0 Å². The molecule has 13 heavy (non-hydrogen) atoms. The van der Waals surface area contributed by atoms with E-state index in [-0.39, 0.29) is 5.54 Å². The molecule has 0 unspecified atom stereocenters. The summed E-state index contributed by atoms with van der Waals surface area (Å²) in [6.07, 6.45) is 4.15. The lowest BCUT2D eigenvalue weighted by atomic mass is 10.0. The van der Waals surface area contributed by atoms with Crippen molar-refractivity contribution in [2.24, 2.45) is 0 Å². The Bertz CT molecular complexity index is 162. The predicted octanol–water partition coefficient (Wildman–Crippen LogP) is 2.14. The SMILES string of the molecule is CC(C)(C[N+]1(C)CCCCC1)NCl. The van der Waals surface area contributed by atoms with Crippen molar-refractivity contribution in [3.63, 3.8) is 0 Å². The summed E-state index contributed by atoms with van der Waals surface area (Å²) in [6, 6.07) is 0. The summed E-state index contributed by atoms with van der Waals surface area (Å²) in [4.78, 5) is 2.87. The summed E-state index contributed by atoms with van der Waals surface area (Å²) in [7, 11) is 2.34. The molecule has 1 saturated heterocycles. The van der Waals surface area contributed by atoms with E-state index in [9.17, 15) is 0 Å². The van der Waals surface area contributed by atoms with Gasteiger partial charge in [-0.25, -0.2) is 4.84 Å². The number of quaternary nitrogens is 1. The van der Waals surface area contributed by atoms with E-state index in [1.165, 1.54) is 36.8 Å². The second-order valence-electron chi connectivity index (χ2n) is 5.26. The van der Waals surface area contributed by atoms with Crippen LogP contribution in [-0.4, -0.2) is 36.7 Å². The van der Waals surface area contributed by atoms with Crippen molar-refractivity contribution in [2.75, 3.05) is 26.7 Å². The minimum absolute atomic E-state index is 0.0493. The maximum atomic E-state index is 5.71. The number of nitrogens with one attached hydrogen (secondary N) is 1. The minimum Gasteiger partial charge on any atom is -0.324 e. The average molecular weight is 206 g/mol. The van der Waals surface area contributed by atoms with Gasteiger partial charge < -0.3 is 4.48 Å². The van der Waals surface area contributed by atoms with Crippen molar-refractivity contribution in [1.29, 1.82) is 0 Å². The Balaban J connectivity index is 2.49. The number of rotatable bonds is 3. The fourth-order valence-corrected chi connectivity index (χ4v) is 2.48. The van der Waals surface area contributed by atoms with Crippen LogP contribution in [0.4, 0.5) is 0 Å². The number of halogens is 1. The molecule has 1 fully saturated rings. The van der Waals surface area contributed by atoms with Gasteiger partial charge in [0.15, 0.2) is 0 Å². The molecule has 78 valence electrons. The van der Waals surface area contributed by atoms with E-state index in [1.54, 1.807) is 0 Å². The third-order valence-corrected chi connectivity index (χ3v) is 3.44. The molecule has 0 atom stereocenters. The number of hydrogen-bond acceptors (Lipinski definition) is 1. The first-order valence-electron chi connectivity index (χ1n) is 5.19. The number of nitrogens with zero attached hydrogens (tertiary/aromatic N) is 1. The van der Waals surface area contributed by atoms with Gasteiger partial charge in [0.05, 0.1) is 32.2 Å². The first-order valence-corrected chi connectivity index (χ1v) is 5.57. The van der Waals surface area contributed by atoms with Crippen LogP contribution in [0.15, 0.2) is 0 Å². The quantitative estimate of drug-likeness (QED) is 0.550. The third-order valence-electron chi connectivity index (χ3n) is 2.93. The zero-order valence-electron chi connectivity index (χ0n) is 9.07. The van der Waals surface area contributed by atoms with Crippen LogP contribution in [0, 0.1) is 0 Å². The van der Waals surface area contributed by atoms with Gasteiger partial charge in [0.2, 0.25) is 0 Å². The van der Waals surface area contributed by atoms with Crippen molar-refractivity contribution in [1.82, 2.24) is 4.84 Å². The van der Waals surface area contributed by atoms with Crippen molar-refractivity contribution in [3.05, 3.63) is 0 Å². The molecule has 0 amide bonds. The summed E-state index contributed by atoms with van der Waals surface area (Å²) < 4.78 is 1.17. The maximum Gasteiger partial charge on any atom is 0.0976 e. The Hall–Kier alpha value is 0.210. The van der Waals surface area contributed by atoms with Crippen LogP contribution >= 0.6 is 11.8 Å². The molecular formula is C10H22ClN2+. The van der Waals surface area contributed by atoms with Gasteiger partial charge in [0, 0.05) is 0 Å². The van der Waals surface area contributed by atoms with Gasteiger partial charge in [0.25, 0.3) is 0 Å². The Morgan fingerprint density at radius 1 is 1.23 bits per heavy atom. The molecule has 0 aliphatic carbocycles. The molecule has 0 radical (unpaired) electrons. The van der Waals surface area contributed by atoms with Gasteiger partial charge in [0.1, 0.15) is 0 Å². The Morgan fingerprint density at radius 3 is 2.23 bits per heavy atom. The Kier molecular flexibility index (Phi) is 3.61. The highest BCUT2D eigenvalue weighted by molar-refractivity contribution is 6.13. The van der Waals surface area contributed by atoms with E-state index >= 15 is 0 Å². The van der Waals surface area contributed by atoms with Crippen LogP contribution in [-0.2, 0) is 0 Å². The molecule has 3 heteroatoms. The second-order valence-corrected chi connectivity index (χ2v) is 5.45. The van der Waals surface area contributed by atoms with E-state index in [0.29, 0.717) is 0 Å². The molecule has 0 spiro atoms. The Morgan fingerprint density at radius 2 is 1.77 bits per heavy atom. The molecular weight excluding hydrogens is 184 g/mol. The van der Waals surface area contributed by atoms with Crippen molar-refractivity contribution < 1.29 is 4.48 Å². The molecule has 0 aromatic heterocycles.